The van der Waals surface area contributed by atoms with E-state index in [9.17, 15) is 14.7 Å². The zero-order valence-electron chi connectivity index (χ0n) is 11.9. The molecule has 3 rings (SSSR count). The Labute approximate surface area is 123 Å². The minimum Gasteiger partial charge on any atom is -0.478 e. The van der Waals surface area contributed by atoms with Gasteiger partial charge in [0.15, 0.2) is 0 Å². The molecule has 3 N–H and O–H groups in total. The van der Waals surface area contributed by atoms with Crippen LogP contribution in [0.15, 0.2) is 18.2 Å². The van der Waals surface area contributed by atoms with Crippen molar-refractivity contribution in [2.45, 2.75) is 38.1 Å². The average Bonchev–Trinajstić information content (AvgIpc) is 3.30. The van der Waals surface area contributed by atoms with E-state index in [1.807, 2.05) is 6.07 Å². The molecular weight excluding hydrogens is 268 g/mol. The highest BCUT2D eigenvalue weighted by molar-refractivity contribution is 5.98. The molecule has 0 radical (unpaired) electrons. The first-order chi connectivity index (χ1) is 10.1. The third-order valence-corrected chi connectivity index (χ3v) is 4.42. The summed E-state index contributed by atoms with van der Waals surface area (Å²) in [7, 11) is 0. The van der Waals surface area contributed by atoms with Crippen LogP contribution in [0.25, 0.3) is 0 Å². The number of carboxylic acids is 1. The van der Waals surface area contributed by atoms with Crippen LogP contribution in [0.2, 0.25) is 0 Å². The Bertz CT molecular complexity index is 581. The van der Waals surface area contributed by atoms with E-state index in [0.717, 1.165) is 30.5 Å². The van der Waals surface area contributed by atoms with Crippen molar-refractivity contribution >= 4 is 17.6 Å². The predicted octanol–water partition coefficient (Wildman–Crippen LogP) is 1.79. The molecule has 0 bridgehead atoms. The number of carbonyl (C=O) groups excluding carboxylic acids is 1. The second kappa shape index (κ2) is 5.48. The van der Waals surface area contributed by atoms with Crippen molar-refractivity contribution in [3.05, 3.63) is 29.3 Å². The first-order valence-corrected chi connectivity index (χ1v) is 7.49. The Hall–Kier alpha value is -1.88. The van der Waals surface area contributed by atoms with Gasteiger partial charge in [-0.1, -0.05) is 6.07 Å². The summed E-state index contributed by atoms with van der Waals surface area (Å²) in [5.74, 6) is -0.433. The Morgan fingerprint density at radius 1 is 1.38 bits per heavy atom. The monoisotopic (exact) mass is 288 g/mol. The Kier molecular flexibility index (Phi) is 3.68. The first kappa shape index (κ1) is 14.1. The number of anilines is 1. The molecule has 0 aromatic heterocycles. The maximum atomic E-state index is 12.5. The number of amides is 1. The molecule has 1 fully saturated rings. The van der Waals surface area contributed by atoms with Crippen LogP contribution in [-0.2, 0) is 11.2 Å². The number of nitrogens with zero attached hydrogens (tertiary/aromatic N) is 1. The SMILES string of the molecule is NC(CC(=O)N1CCCc2c(C(=O)O)cccc21)C1CC1. The highest BCUT2D eigenvalue weighted by Gasteiger charge is 2.32. The highest BCUT2D eigenvalue weighted by Crippen LogP contribution is 2.34. The van der Waals surface area contributed by atoms with Crippen molar-refractivity contribution in [3.63, 3.8) is 0 Å². The van der Waals surface area contributed by atoms with Gasteiger partial charge in [-0.3, -0.25) is 4.79 Å². The highest BCUT2D eigenvalue weighted by atomic mass is 16.4. The Morgan fingerprint density at radius 2 is 2.14 bits per heavy atom. The molecule has 1 heterocycles. The van der Waals surface area contributed by atoms with Crippen molar-refractivity contribution in [2.75, 3.05) is 11.4 Å². The molecule has 0 saturated heterocycles. The summed E-state index contributed by atoms with van der Waals surface area (Å²) >= 11 is 0. The van der Waals surface area contributed by atoms with Gasteiger partial charge in [0.25, 0.3) is 0 Å². The van der Waals surface area contributed by atoms with Gasteiger partial charge < -0.3 is 15.7 Å². The zero-order valence-corrected chi connectivity index (χ0v) is 11.9. The van der Waals surface area contributed by atoms with Crippen LogP contribution in [-0.4, -0.2) is 29.6 Å². The summed E-state index contributed by atoms with van der Waals surface area (Å²) < 4.78 is 0. The summed E-state index contributed by atoms with van der Waals surface area (Å²) in [5, 5.41) is 9.27. The van der Waals surface area contributed by atoms with Gasteiger partial charge in [-0.15, -0.1) is 0 Å². The van der Waals surface area contributed by atoms with Crippen LogP contribution < -0.4 is 10.6 Å². The van der Waals surface area contributed by atoms with Crippen LogP contribution in [0, 0.1) is 5.92 Å². The van der Waals surface area contributed by atoms with Gasteiger partial charge in [-0.05, 0) is 49.3 Å². The third-order valence-electron chi connectivity index (χ3n) is 4.42. The summed E-state index contributed by atoms with van der Waals surface area (Å²) in [6, 6.07) is 5.08. The molecule has 1 amide bonds. The maximum absolute atomic E-state index is 12.5. The fraction of sp³-hybridized carbons (Fsp3) is 0.500. The van der Waals surface area contributed by atoms with Crippen molar-refractivity contribution in [3.8, 4) is 0 Å². The van der Waals surface area contributed by atoms with Crippen molar-refractivity contribution in [1.82, 2.24) is 0 Å². The smallest absolute Gasteiger partial charge is 0.336 e. The normalized spacial score (nSPS) is 19.0. The topological polar surface area (TPSA) is 83.6 Å². The molecule has 1 aromatic rings. The number of benzene rings is 1. The lowest BCUT2D eigenvalue weighted by Crippen LogP contribution is -2.40. The van der Waals surface area contributed by atoms with Crippen LogP contribution >= 0.6 is 0 Å². The van der Waals surface area contributed by atoms with Gasteiger partial charge >= 0.3 is 5.97 Å². The molecule has 1 saturated carbocycles. The standard InChI is InChI=1S/C16H20N2O3/c17-13(10-6-7-10)9-15(19)18-8-2-4-11-12(16(20)21)3-1-5-14(11)18/h1,3,5,10,13H,2,4,6-9,17H2,(H,20,21). The third kappa shape index (κ3) is 2.78. The fourth-order valence-corrected chi connectivity index (χ4v) is 3.09. The van der Waals surface area contributed by atoms with Gasteiger partial charge in [-0.25, -0.2) is 4.79 Å². The summed E-state index contributed by atoms with van der Waals surface area (Å²) in [6.45, 7) is 0.645. The number of carbonyl (C=O) groups is 2. The molecular formula is C16H20N2O3. The van der Waals surface area contributed by atoms with Crippen LogP contribution in [0.4, 0.5) is 5.69 Å². The number of aromatic carboxylic acids is 1. The molecule has 0 spiro atoms. The maximum Gasteiger partial charge on any atom is 0.336 e. The van der Waals surface area contributed by atoms with E-state index < -0.39 is 5.97 Å². The fourth-order valence-electron chi connectivity index (χ4n) is 3.09. The van der Waals surface area contributed by atoms with Crippen LogP contribution in [0.3, 0.4) is 0 Å². The second-order valence-electron chi connectivity index (χ2n) is 5.96. The van der Waals surface area contributed by atoms with E-state index in [0.29, 0.717) is 30.9 Å². The van der Waals surface area contributed by atoms with E-state index in [1.54, 1.807) is 17.0 Å². The minimum absolute atomic E-state index is 0.0119. The van der Waals surface area contributed by atoms with Crippen molar-refractivity contribution < 1.29 is 14.7 Å². The molecule has 21 heavy (non-hydrogen) atoms. The van der Waals surface area contributed by atoms with Crippen LogP contribution in [0.1, 0.15) is 41.6 Å². The lowest BCUT2D eigenvalue weighted by molar-refractivity contribution is -0.119. The van der Waals surface area contributed by atoms with E-state index in [-0.39, 0.29) is 11.9 Å². The van der Waals surface area contributed by atoms with Crippen molar-refractivity contribution in [1.29, 1.82) is 0 Å². The summed E-state index contributed by atoms with van der Waals surface area (Å²) in [5.41, 5.74) is 7.86. The zero-order chi connectivity index (χ0) is 15.0. The molecule has 5 nitrogen and oxygen atoms in total. The molecule has 1 aromatic carbocycles. The van der Waals surface area contributed by atoms with Gasteiger partial charge in [0.05, 0.1) is 5.56 Å². The van der Waals surface area contributed by atoms with E-state index in [2.05, 4.69) is 0 Å². The van der Waals surface area contributed by atoms with Gasteiger partial charge in [0.2, 0.25) is 5.91 Å². The largest absolute Gasteiger partial charge is 0.478 e. The predicted molar refractivity (Wildman–Crippen MR) is 79.4 cm³/mol. The van der Waals surface area contributed by atoms with Crippen molar-refractivity contribution in [2.24, 2.45) is 11.7 Å². The van der Waals surface area contributed by atoms with Crippen LogP contribution in [0.5, 0.6) is 0 Å². The molecule has 1 aliphatic heterocycles. The minimum atomic E-state index is -0.934. The lowest BCUT2D eigenvalue weighted by Gasteiger charge is -2.31. The molecule has 1 atom stereocenters. The number of nitrogens with two attached hydrogens (primary N) is 1. The van der Waals surface area contributed by atoms with Gasteiger partial charge in [0, 0.05) is 24.7 Å². The molecule has 1 unspecified atom stereocenters. The second-order valence-corrected chi connectivity index (χ2v) is 5.96. The van der Waals surface area contributed by atoms with Gasteiger partial charge in [-0.2, -0.15) is 0 Å². The number of fused-ring (bicyclic) bond motifs is 1. The first-order valence-electron chi connectivity index (χ1n) is 7.49. The number of carboxylic acid groups (broad SMARTS) is 1. The van der Waals surface area contributed by atoms with Gasteiger partial charge in [0.1, 0.15) is 0 Å². The van der Waals surface area contributed by atoms with E-state index in [1.165, 1.54) is 0 Å². The Morgan fingerprint density at radius 3 is 2.81 bits per heavy atom. The molecule has 112 valence electrons. The van der Waals surface area contributed by atoms with E-state index >= 15 is 0 Å². The van der Waals surface area contributed by atoms with E-state index in [4.69, 9.17) is 5.73 Å². The molecule has 1 aliphatic carbocycles. The quantitative estimate of drug-likeness (QED) is 0.884. The Balaban J connectivity index is 1.84. The molecule has 5 heteroatoms. The number of hydrogen-bond acceptors (Lipinski definition) is 3. The summed E-state index contributed by atoms with van der Waals surface area (Å²) in [4.78, 5) is 25.5. The lowest BCUT2D eigenvalue weighted by atomic mass is 9.95. The number of rotatable bonds is 4. The molecule has 2 aliphatic rings. The summed E-state index contributed by atoms with van der Waals surface area (Å²) in [6.07, 6.45) is 4.09. The number of hydrogen-bond donors (Lipinski definition) is 2. The average molecular weight is 288 g/mol.